The van der Waals surface area contributed by atoms with Crippen LogP contribution in [0.2, 0.25) is 0 Å². The van der Waals surface area contributed by atoms with E-state index in [9.17, 15) is 21.6 Å². The van der Waals surface area contributed by atoms with E-state index in [2.05, 4.69) is 9.97 Å². The molecule has 0 saturated carbocycles. The molecule has 2 rings (SSSR count). The highest BCUT2D eigenvalue weighted by Crippen LogP contribution is 2.29. The zero-order valence-electron chi connectivity index (χ0n) is 10.2. The van der Waals surface area contributed by atoms with Gasteiger partial charge in [-0.05, 0) is 0 Å². The van der Waals surface area contributed by atoms with Crippen LogP contribution >= 0.6 is 0 Å². The van der Waals surface area contributed by atoms with Crippen molar-refractivity contribution < 1.29 is 21.6 Å². The summed E-state index contributed by atoms with van der Waals surface area (Å²) >= 11 is 0. The molecule has 1 aromatic heterocycles. The van der Waals surface area contributed by atoms with Crippen LogP contribution in [0.3, 0.4) is 0 Å². The Morgan fingerprint density at radius 1 is 1.25 bits per heavy atom. The van der Waals surface area contributed by atoms with E-state index in [1.807, 2.05) is 5.43 Å². The molecule has 7 nitrogen and oxygen atoms in total. The van der Waals surface area contributed by atoms with Crippen LogP contribution in [0.25, 0.3) is 0 Å². The summed E-state index contributed by atoms with van der Waals surface area (Å²) in [6.07, 6.45) is -4.70. The topological polar surface area (TPSA) is 101 Å². The van der Waals surface area contributed by atoms with E-state index in [1.54, 1.807) is 0 Å². The Bertz CT molecular complexity index is 590. The van der Waals surface area contributed by atoms with Gasteiger partial charge in [0.2, 0.25) is 5.82 Å². The summed E-state index contributed by atoms with van der Waals surface area (Å²) in [4.78, 5) is 8.11. The first-order valence-corrected chi connectivity index (χ1v) is 7.42. The molecule has 0 unspecified atom stereocenters. The quantitative estimate of drug-likeness (QED) is 0.586. The first-order valence-electron chi connectivity index (χ1n) is 5.59. The number of halogens is 3. The first-order chi connectivity index (χ1) is 9.21. The van der Waals surface area contributed by atoms with Gasteiger partial charge in [0, 0.05) is 19.2 Å². The number of nitrogens with zero attached hydrogens (tertiary/aromatic N) is 3. The van der Waals surface area contributed by atoms with Gasteiger partial charge in [0.25, 0.3) is 0 Å². The lowest BCUT2D eigenvalue weighted by molar-refractivity contribution is -0.144. The highest BCUT2D eigenvalue weighted by atomic mass is 32.2. The number of aromatic nitrogens is 2. The normalized spacial score (nSPS) is 18.9. The maximum Gasteiger partial charge on any atom is 0.451 e. The molecule has 1 aromatic rings. The number of nitrogens with one attached hydrogen (secondary N) is 1. The lowest BCUT2D eigenvalue weighted by atomic mass is 10.4. The van der Waals surface area contributed by atoms with Gasteiger partial charge >= 0.3 is 6.18 Å². The number of alkyl halides is 3. The molecular weight excluding hydrogens is 299 g/mol. The summed E-state index contributed by atoms with van der Waals surface area (Å²) in [5, 5.41) is 0. The van der Waals surface area contributed by atoms with Gasteiger partial charge in [0.1, 0.15) is 11.6 Å². The molecule has 3 N–H and O–H groups in total. The number of anilines is 2. The second-order valence-corrected chi connectivity index (χ2v) is 6.52. The molecular formula is C9H12F3N5O2S. The van der Waals surface area contributed by atoms with Gasteiger partial charge < -0.3 is 10.3 Å². The minimum absolute atomic E-state index is 0.00447. The number of nitrogen functional groups attached to an aromatic ring is 1. The van der Waals surface area contributed by atoms with E-state index in [4.69, 9.17) is 5.84 Å². The number of hydrazine groups is 1. The van der Waals surface area contributed by atoms with Gasteiger partial charge in [-0.2, -0.15) is 13.2 Å². The molecule has 1 aliphatic heterocycles. The summed E-state index contributed by atoms with van der Waals surface area (Å²) in [5.41, 5.74) is 2.04. The monoisotopic (exact) mass is 311 g/mol. The molecule has 0 aromatic carbocycles. The molecule has 0 bridgehead atoms. The molecule has 0 amide bonds. The number of nitrogens with two attached hydrogens (primary N) is 1. The predicted molar refractivity (Wildman–Crippen MR) is 65.7 cm³/mol. The first kappa shape index (κ1) is 14.8. The van der Waals surface area contributed by atoms with Crippen molar-refractivity contribution in [2.75, 3.05) is 34.9 Å². The van der Waals surface area contributed by atoms with Crippen LogP contribution in [0.15, 0.2) is 6.07 Å². The van der Waals surface area contributed by atoms with Crippen molar-refractivity contribution in [2.24, 2.45) is 5.84 Å². The number of hydrogen-bond acceptors (Lipinski definition) is 7. The van der Waals surface area contributed by atoms with Crippen LogP contribution in [0.5, 0.6) is 0 Å². The molecule has 1 saturated heterocycles. The molecule has 0 radical (unpaired) electrons. The molecule has 0 atom stereocenters. The molecule has 1 fully saturated rings. The summed E-state index contributed by atoms with van der Waals surface area (Å²) in [7, 11) is -3.13. The third-order valence-electron chi connectivity index (χ3n) is 2.78. The Hall–Kier alpha value is -1.62. The van der Waals surface area contributed by atoms with E-state index in [1.165, 1.54) is 11.0 Å². The van der Waals surface area contributed by atoms with Crippen LogP contribution in [0.4, 0.5) is 24.8 Å². The van der Waals surface area contributed by atoms with Crippen molar-refractivity contribution in [3.8, 4) is 0 Å². The van der Waals surface area contributed by atoms with Crippen molar-refractivity contribution >= 4 is 21.5 Å². The smallest absolute Gasteiger partial charge is 0.354 e. The van der Waals surface area contributed by atoms with Crippen molar-refractivity contribution in [1.82, 2.24) is 9.97 Å². The Morgan fingerprint density at radius 3 is 2.35 bits per heavy atom. The summed E-state index contributed by atoms with van der Waals surface area (Å²) < 4.78 is 60.6. The maximum absolute atomic E-state index is 12.7. The highest BCUT2D eigenvalue weighted by molar-refractivity contribution is 7.91. The minimum Gasteiger partial charge on any atom is -0.354 e. The van der Waals surface area contributed by atoms with E-state index in [-0.39, 0.29) is 36.2 Å². The number of sulfone groups is 1. The Balaban J connectivity index is 2.32. The largest absolute Gasteiger partial charge is 0.451 e. The Kier molecular flexibility index (Phi) is 3.73. The van der Waals surface area contributed by atoms with Gasteiger partial charge in [0.05, 0.1) is 11.5 Å². The average molecular weight is 311 g/mol. The lowest BCUT2D eigenvalue weighted by Gasteiger charge is -2.28. The fourth-order valence-electron chi connectivity index (χ4n) is 1.74. The second-order valence-electron chi connectivity index (χ2n) is 4.22. The van der Waals surface area contributed by atoms with Gasteiger partial charge in [-0.3, -0.25) is 0 Å². The molecule has 11 heteroatoms. The van der Waals surface area contributed by atoms with E-state index >= 15 is 0 Å². The molecule has 0 aliphatic carbocycles. The third kappa shape index (κ3) is 3.28. The van der Waals surface area contributed by atoms with Crippen molar-refractivity contribution in [1.29, 1.82) is 0 Å². The third-order valence-corrected chi connectivity index (χ3v) is 4.39. The SMILES string of the molecule is NNc1cc(N2CCS(=O)(=O)CC2)nc(C(F)(F)F)n1. The van der Waals surface area contributed by atoms with Gasteiger partial charge in [0.15, 0.2) is 9.84 Å². The summed E-state index contributed by atoms with van der Waals surface area (Å²) in [5.74, 6) is 3.33. The lowest BCUT2D eigenvalue weighted by Crippen LogP contribution is -2.41. The number of hydrogen-bond donors (Lipinski definition) is 2. The van der Waals surface area contributed by atoms with E-state index in [0.717, 1.165) is 0 Å². The van der Waals surface area contributed by atoms with Crippen LogP contribution in [0, 0.1) is 0 Å². The maximum atomic E-state index is 12.7. The van der Waals surface area contributed by atoms with Gasteiger partial charge in [-0.15, -0.1) is 0 Å². The second kappa shape index (κ2) is 5.05. The Labute approximate surface area is 112 Å². The van der Waals surface area contributed by atoms with Crippen molar-refractivity contribution in [2.45, 2.75) is 6.18 Å². The predicted octanol–water partition coefficient (Wildman–Crippen LogP) is 0.0158. The fourth-order valence-corrected chi connectivity index (χ4v) is 2.94. The molecule has 0 spiro atoms. The van der Waals surface area contributed by atoms with Crippen LogP contribution in [-0.2, 0) is 16.0 Å². The van der Waals surface area contributed by atoms with Crippen LogP contribution < -0.4 is 16.2 Å². The molecule has 20 heavy (non-hydrogen) atoms. The fraction of sp³-hybridized carbons (Fsp3) is 0.556. The van der Waals surface area contributed by atoms with Gasteiger partial charge in [-0.25, -0.2) is 24.2 Å². The minimum atomic E-state index is -4.70. The molecule has 1 aliphatic rings. The van der Waals surface area contributed by atoms with Crippen molar-refractivity contribution in [3.63, 3.8) is 0 Å². The summed E-state index contributed by atoms with van der Waals surface area (Å²) in [6.45, 7) is 0.168. The van der Waals surface area contributed by atoms with Crippen LogP contribution in [0.1, 0.15) is 5.82 Å². The number of rotatable bonds is 2. The molecule has 2 heterocycles. The van der Waals surface area contributed by atoms with Crippen LogP contribution in [-0.4, -0.2) is 43.0 Å². The summed E-state index contributed by atoms with van der Waals surface area (Å²) in [6, 6.07) is 1.24. The van der Waals surface area contributed by atoms with Gasteiger partial charge in [-0.1, -0.05) is 0 Å². The highest BCUT2D eigenvalue weighted by Gasteiger charge is 2.36. The standard InChI is InChI=1S/C9H12F3N5O2S/c10-9(11,12)8-14-6(16-13)5-7(15-8)17-1-3-20(18,19)4-2-17/h5H,1-4,13H2,(H,14,15,16). The Morgan fingerprint density at radius 2 is 1.85 bits per heavy atom. The zero-order valence-corrected chi connectivity index (χ0v) is 11.0. The van der Waals surface area contributed by atoms with Crippen molar-refractivity contribution in [3.05, 3.63) is 11.9 Å². The zero-order chi connectivity index (χ0) is 15.0. The van der Waals surface area contributed by atoms with E-state index < -0.39 is 21.8 Å². The average Bonchev–Trinajstić information content (AvgIpc) is 2.37. The van der Waals surface area contributed by atoms with E-state index in [0.29, 0.717) is 0 Å². The molecule has 112 valence electrons.